The van der Waals surface area contributed by atoms with Crippen molar-refractivity contribution in [3.05, 3.63) is 54.0 Å². The quantitative estimate of drug-likeness (QED) is 0.763. The van der Waals surface area contributed by atoms with E-state index in [2.05, 4.69) is 20.0 Å². The van der Waals surface area contributed by atoms with Gasteiger partial charge in [-0.2, -0.15) is 0 Å². The summed E-state index contributed by atoms with van der Waals surface area (Å²) in [7, 11) is 0. The van der Waals surface area contributed by atoms with Crippen LogP contribution in [-0.4, -0.2) is 27.1 Å². The van der Waals surface area contributed by atoms with Crippen LogP contribution in [0.3, 0.4) is 0 Å². The summed E-state index contributed by atoms with van der Waals surface area (Å²) in [6.07, 6.45) is 1.59. The van der Waals surface area contributed by atoms with Crippen LogP contribution < -0.4 is 5.32 Å². The Morgan fingerprint density at radius 1 is 1.14 bits per heavy atom. The van der Waals surface area contributed by atoms with Crippen LogP contribution in [0.1, 0.15) is 21.0 Å². The van der Waals surface area contributed by atoms with E-state index in [9.17, 15) is 9.59 Å². The van der Waals surface area contributed by atoms with Crippen LogP contribution in [0.5, 0.6) is 0 Å². The molecule has 0 unspecified atom stereocenters. The molecule has 3 rings (SSSR count). The Balaban J connectivity index is 1.84. The Morgan fingerprint density at radius 2 is 1.90 bits per heavy atom. The second kappa shape index (κ2) is 5.04. The van der Waals surface area contributed by atoms with Gasteiger partial charge in [0.1, 0.15) is 5.69 Å². The molecule has 1 aromatic carbocycles. The van der Waals surface area contributed by atoms with Gasteiger partial charge in [0.15, 0.2) is 5.82 Å². The molecule has 0 spiro atoms. The fourth-order valence-corrected chi connectivity index (χ4v) is 1.82. The van der Waals surface area contributed by atoms with Crippen molar-refractivity contribution >= 4 is 28.5 Å². The molecule has 3 aromatic rings. The van der Waals surface area contributed by atoms with Gasteiger partial charge in [-0.05, 0) is 11.5 Å². The number of rotatable bonds is 3. The summed E-state index contributed by atoms with van der Waals surface area (Å²) in [5, 5.41) is 16.4. The number of nitrogens with zero attached hydrogens (tertiary/aromatic N) is 2. The number of hydrogen-bond donors (Lipinski definition) is 2. The van der Waals surface area contributed by atoms with Crippen molar-refractivity contribution in [3.8, 4) is 0 Å². The first-order chi connectivity index (χ1) is 10.1. The maximum Gasteiger partial charge on any atom is 0.374 e. The minimum atomic E-state index is -1.26. The van der Waals surface area contributed by atoms with Gasteiger partial charge in [0.05, 0.1) is 0 Å². The highest BCUT2D eigenvalue weighted by molar-refractivity contribution is 6.04. The number of carbonyl (C=O) groups excluding carboxylic acids is 1. The summed E-state index contributed by atoms with van der Waals surface area (Å²) in [6, 6.07) is 10.3. The van der Waals surface area contributed by atoms with Gasteiger partial charge in [0.2, 0.25) is 5.76 Å². The molecule has 2 N–H and O–H groups in total. The predicted octanol–water partition coefficient (Wildman–Crippen LogP) is 2.17. The van der Waals surface area contributed by atoms with Gasteiger partial charge in [0, 0.05) is 17.6 Å². The number of pyridine rings is 1. The standard InChI is InChI=1S/C14H9N3O4/c18-13(16-12-6-11(14(19)20)21-17-12)10-5-8-3-1-2-4-9(8)7-15-10/h1-7H,(H,19,20)(H,16,17,18). The first kappa shape index (κ1) is 12.8. The molecule has 0 radical (unpaired) electrons. The molecule has 0 saturated carbocycles. The molecule has 0 aliphatic rings. The highest BCUT2D eigenvalue weighted by Gasteiger charge is 2.14. The second-order valence-corrected chi connectivity index (χ2v) is 4.25. The van der Waals surface area contributed by atoms with E-state index in [1.54, 1.807) is 12.3 Å². The summed E-state index contributed by atoms with van der Waals surface area (Å²) < 4.78 is 4.55. The molecule has 7 heteroatoms. The Morgan fingerprint density at radius 3 is 2.62 bits per heavy atom. The summed E-state index contributed by atoms with van der Waals surface area (Å²) in [4.78, 5) is 26.7. The third kappa shape index (κ3) is 2.57. The predicted molar refractivity (Wildman–Crippen MR) is 73.2 cm³/mol. The second-order valence-electron chi connectivity index (χ2n) is 4.25. The van der Waals surface area contributed by atoms with Crippen molar-refractivity contribution in [3.63, 3.8) is 0 Å². The molecule has 0 fully saturated rings. The maximum absolute atomic E-state index is 12.0. The molecule has 21 heavy (non-hydrogen) atoms. The number of hydrogen-bond acceptors (Lipinski definition) is 5. The first-order valence-corrected chi connectivity index (χ1v) is 5.99. The molecule has 2 heterocycles. The first-order valence-electron chi connectivity index (χ1n) is 5.99. The van der Waals surface area contributed by atoms with Gasteiger partial charge >= 0.3 is 5.97 Å². The lowest BCUT2D eigenvalue weighted by atomic mass is 10.1. The number of anilines is 1. The van der Waals surface area contributed by atoms with E-state index < -0.39 is 11.9 Å². The zero-order chi connectivity index (χ0) is 14.8. The average Bonchev–Trinajstić information content (AvgIpc) is 2.95. The lowest BCUT2D eigenvalue weighted by Gasteiger charge is -2.02. The number of fused-ring (bicyclic) bond motifs is 1. The molecular formula is C14H9N3O4. The van der Waals surface area contributed by atoms with E-state index in [4.69, 9.17) is 5.11 Å². The lowest BCUT2D eigenvalue weighted by Crippen LogP contribution is -2.13. The van der Waals surface area contributed by atoms with Crippen LogP contribution in [0.4, 0.5) is 5.82 Å². The van der Waals surface area contributed by atoms with Crippen molar-refractivity contribution in [2.45, 2.75) is 0 Å². The number of carboxylic acid groups (broad SMARTS) is 1. The van der Waals surface area contributed by atoms with Gasteiger partial charge in [0.25, 0.3) is 5.91 Å². The Hall–Kier alpha value is -3.22. The van der Waals surface area contributed by atoms with Crippen LogP contribution in [0.25, 0.3) is 10.8 Å². The summed E-state index contributed by atoms with van der Waals surface area (Å²) in [5.74, 6) is -2.08. The number of amides is 1. The fourth-order valence-electron chi connectivity index (χ4n) is 1.82. The van der Waals surface area contributed by atoms with Crippen molar-refractivity contribution in [2.24, 2.45) is 0 Å². The van der Waals surface area contributed by atoms with Crippen LogP contribution in [0, 0.1) is 0 Å². The zero-order valence-electron chi connectivity index (χ0n) is 10.6. The summed E-state index contributed by atoms with van der Waals surface area (Å²) >= 11 is 0. The smallest absolute Gasteiger partial charge is 0.374 e. The summed E-state index contributed by atoms with van der Waals surface area (Å²) in [6.45, 7) is 0. The Kier molecular flexibility index (Phi) is 3.07. The van der Waals surface area contributed by atoms with E-state index in [0.717, 1.165) is 16.8 Å². The lowest BCUT2D eigenvalue weighted by molar-refractivity contribution is 0.0652. The monoisotopic (exact) mass is 283 g/mol. The topological polar surface area (TPSA) is 105 Å². The minimum absolute atomic E-state index is 0.0207. The normalized spacial score (nSPS) is 10.5. The molecular weight excluding hydrogens is 274 g/mol. The van der Waals surface area contributed by atoms with Crippen molar-refractivity contribution < 1.29 is 19.2 Å². The van der Waals surface area contributed by atoms with Crippen LogP contribution in [-0.2, 0) is 0 Å². The molecule has 0 saturated heterocycles. The van der Waals surface area contributed by atoms with E-state index in [1.165, 1.54) is 0 Å². The number of carboxylic acids is 1. The van der Waals surface area contributed by atoms with E-state index in [-0.39, 0.29) is 17.3 Å². The highest BCUT2D eigenvalue weighted by atomic mass is 16.5. The van der Waals surface area contributed by atoms with Crippen LogP contribution >= 0.6 is 0 Å². The van der Waals surface area contributed by atoms with Gasteiger partial charge in [-0.3, -0.25) is 9.78 Å². The van der Waals surface area contributed by atoms with E-state index >= 15 is 0 Å². The Bertz CT molecular complexity index is 841. The molecule has 0 bridgehead atoms. The van der Waals surface area contributed by atoms with E-state index in [0.29, 0.717) is 0 Å². The third-order valence-corrected chi connectivity index (χ3v) is 2.83. The third-order valence-electron chi connectivity index (χ3n) is 2.83. The molecule has 104 valence electrons. The van der Waals surface area contributed by atoms with Crippen molar-refractivity contribution in [2.75, 3.05) is 5.32 Å². The zero-order valence-corrected chi connectivity index (χ0v) is 10.6. The number of carbonyl (C=O) groups is 2. The molecule has 1 amide bonds. The van der Waals surface area contributed by atoms with Crippen LogP contribution in [0.2, 0.25) is 0 Å². The van der Waals surface area contributed by atoms with Crippen molar-refractivity contribution in [1.82, 2.24) is 10.1 Å². The average molecular weight is 283 g/mol. The molecule has 0 aliphatic carbocycles. The van der Waals surface area contributed by atoms with Crippen LogP contribution in [0.15, 0.2) is 47.1 Å². The number of aromatic carboxylic acids is 1. The van der Waals surface area contributed by atoms with Gasteiger partial charge in [-0.1, -0.05) is 29.4 Å². The minimum Gasteiger partial charge on any atom is -0.475 e. The Labute approximate surface area is 118 Å². The highest BCUT2D eigenvalue weighted by Crippen LogP contribution is 2.15. The number of benzene rings is 1. The SMILES string of the molecule is O=C(Nc1cc(C(=O)O)on1)c1cc2ccccc2cn1. The molecule has 7 nitrogen and oxygen atoms in total. The molecule has 2 aromatic heterocycles. The molecule has 0 aliphatic heterocycles. The summed E-state index contributed by atoms with van der Waals surface area (Å²) in [5.41, 5.74) is 0.202. The number of aromatic nitrogens is 2. The van der Waals surface area contributed by atoms with Crippen molar-refractivity contribution in [1.29, 1.82) is 0 Å². The fraction of sp³-hybridized carbons (Fsp3) is 0. The van der Waals surface area contributed by atoms with Gasteiger partial charge < -0.3 is 14.9 Å². The van der Waals surface area contributed by atoms with E-state index in [1.807, 2.05) is 24.3 Å². The molecule has 0 atom stereocenters. The van der Waals surface area contributed by atoms with Gasteiger partial charge in [-0.25, -0.2) is 4.79 Å². The maximum atomic E-state index is 12.0. The van der Waals surface area contributed by atoms with Gasteiger partial charge in [-0.15, -0.1) is 0 Å². The largest absolute Gasteiger partial charge is 0.475 e. The number of nitrogens with one attached hydrogen (secondary N) is 1.